The van der Waals surface area contributed by atoms with Gasteiger partial charge in [0, 0.05) is 17.8 Å². The van der Waals surface area contributed by atoms with Crippen molar-refractivity contribution < 1.29 is 33.0 Å². The number of benzene rings is 3. The number of nitrogens with zero attached hydrogens (tertiary/aromatic N) is 1. The van der Waals surface area contributed by atoms with Gasteiger partial charge in [-0.05, 0) is 61.8 Å². The van der Waals surface area contributed by atoms with Gasteiger partial charge in [-0.25, -0.2) is 13.6 Å². The molecule has 47 heavy (non-hydrogen) atoms. The summed E-state index contributed by atoms with van der Waals surface area (Å²) in [6, 6.07) is 20.2. The molecule has 2 aliphatic heterocycles. The van der Waals surface area contributed by atoms with E-state index in [2.05, 4.69) is 22.0 Å². The van der Waals surface area contributed by atoms with E-state index in [4.69, 9.17) is 4.74 Å². The van der Waals surface area contributed by atoms with Crippen LogP contribution in [0.15, 0.2) is 90.6 Å². The third kappa shape index (κ3) is 8.74. The van der Waals surface area contributed by atoms with Crippen LogP contribution >= 0.6 is 0 Å². The van der Waals surface area contributed by atoms with Crippen molar-refractivity contribution >= 4 is 23.6 Å². The fourth-order valence-electron chi connectivity index (χ4n) is 6.00. The summed E-state index contributed by atoms with van der Waals surface area (Å²) in [5.41, 5.74) is 2.82. The Labute approximate surface area is 273 Å². The molecule has 3 aromatic rings. The first kappa shape index (κ1) is 33.6. The highest BCUT2D eigenvalue weighted by Crippen LogP contribution is 2.24. The van der Waals surface area contributed by atoms with E-state index in [0.29, 0.717) is 6.42 Å². The van der Waals surface area contributed by atoms with Crippen molar-refractivity contribution in [3.05, 3.63) is 113 Å². The van der Waals surface area contributed by atoms with Crippen LogP contribution in [0.1, 0.15) is 37.8 Å². The van der Waals surface area contributed by atoms with Gasteiger partial charge < -0.3 is 25.8 Å². The second kappa shape index (κ2) is 15.2. The first-order chi connectivity index (χ1) is 22.6. The van der Waals surface area contributed by atoms with E-state index >= 15 is 0 Å². The number of cyclic esters (lactones) is 1. The summed E-state index contributed by atoms with van der Waals surface area (Å²) in [6.45, 7) is 3.71. The van der Waals surface area contributed by atoms with Crippen molar-refractivity contribution in [3.8, 4) is 0 Å². The van der Waals surface area contributed by atoms with Crippen molar-refractivity contribution in [2.24, 2.45) is 5.92 Å². The van der Waals surface area contributed by atoms with Gasteiger partial charge >= 0.3 is 6.09 Å². The van der Waals surface area contributed by atoms with Gasteiger partial charge in [-0.15, -0.1) is 0 Å². The molecule has 2 heterocycles. The number of ether oxygens (including phenoxy) is 1. The lowest BCUT2D eigenvalue weighted by Crippen LogP contribution is -2.54. The smallest absolute Gasteiger partial charge is 0.415 e. The van der Waals surface area contributed by atoms with Crippen LogP contribution < -0.4 is 20.9 Å². The van der Waals surface area contributed by atoms with Crippen molar-refractivity contribution in [1.82, 2.24) is 16.0 Å². The zero-order valence-electron chi connectivity index (χ0n) is 26.4. The van der Waals surface area contributed by atoms with Crippen LogP contribution in [0.3, 0.4) is 0 Å². The Kier molecular flexibility index (Phi) is 10.9. The third-order valence-electron chi connectivity index (χ3n) is 8.64. The lowest BCUT2D eigenvalue weighted by atomic mass is 9.91. The topological polar surface area (TPSA) is 120 Å². The Hall–Kier alpha value is -4.77. The summed E-state index contributed by atoms with van der Waals surface area (Å²) in [6.07, 6.45) is 0.440. The molecule has 3 amide bonds. The molecule has 0 radical (unpaired) electrons. The van der Waals surface area contributed by atoms with E-state index < -0.39 is 54.0 Å². The largest absolute Gasteiger partial charge is 0.434 e. The van der Waals surface area contributed by atoms with Crippen LogP contribution in [0, 0.1) is 17.6 Å². The molecule has 0 aromatic heterocycles. The number of hydrogen-bond donors (Lipinski definition) is 4. The van der Waals surface area contributed by atoms with Gasteiger partial charge in [0.25, 0.3) is 5.91 Å². The molecule has 1 saturated heterocycles. The second-order valence-corrected chi connectivity index (χ2v) is 12.3. The standard InChI is InChI=1S/C36H40F2N4O5/c1-22-13-14-23(2)39-33(22)35(45)40-26(17-24-9-5-3-6-10-24)19-31(43)30(18-25-11-7-4-8-12-25)41-34(44)32-21-42(36(46)47-32)27-15-16-28(37)29(38)20-27/h3-12,14-16,20,22,26,30-33,39,43H,13,17-19,21H2,1-2H3,(H,40,45)(H,41,44)/t22?,26?,30?,31-,32?,33-/m0/s1. The van der Waals surface area contributed by atoms with Gasteiger partial charge in [0.15, 0.2) is 17.7 Å². The molecule has 248 valence electrons. The summed E-state index contributed by atoms with van der Waals surface area (Å²) in [7, 11) is 0. The summed E-state index contributed by atoms with van der Waals surface area (Å²) < 4.78 is 32.6. The monoisotopic (exact) mass is 646 g/mol. The summed E-state index contributed by atoms with van der Waals surface area (Å²) in [5, 5.41) is 21.0. The lowest BCUT2D eigenvalue weighted by molar-refractivity contribution is -0.129. The number of allylic oxidation sites excluding steroid dienone is 2. The molecule has 4 N–H and O–H groups in total. The van der Waals surface area contributed by atoms with Crippen molar-refractivity contribution in [2.75, 3.05) is 11.4 Å². The highest BCUT2D eigenvalue weighted by Gasteiger charge is 2.39. The predicted octanol–water partition coefficient (Wildman–Crippen LogP) is 4.40. The average molecular weight is 647 g/mol. The molecule has 0 aliphatic carbocycles. The molecule has 5 rings (SSSR count). The van der Waals surface area contributed by atoms with E-state index in [0.717, 1.165) is 40.3 Å². The number of carbonyl (C=O) groups excluding carboxylic acids is 3. The highest BCUT2D eigenvalue weighted by atomic mass is 19.2. The molecule has 3 aromatic carbocycles. The predicted molar refractivity (Wildman–Crippen MR) is 173 cm³/mol. The van der Waals surface area contributed by atoms with Gasteiger partial charge in [-0.2, -0.15) is 0 Å². The Bertz CT molecular complexity index is 1590. The zero-order valence-corrected chi connectivity index (χ0v) is 26.4. The number of nitrogens with one attached hydrogen (secondary N) is 3. The summed E-state index contributed by atoms with van der Waals surface area (Å²) in [5.74, 6) is -2.93. The third-order valence-corrected chi connectivity index (χ3v) is 8.64. The molecule has 6 atom stereocenters. The maximum absolute atomic E-state index is 13.9. The van der Waals surface area contributed by atoms with Crippen LogP contribution in [0.5, 0.6) is 0 Å². The average Bonchev–Trinajstić information content (AvgIpc) is 3.45. The van der Waals surface area contributed by atoms with E-state index in [1.54, 1.807) is 0 Å². The number of aliphatic hydroxyl groups is 1. The number of amides is 3. The van der Waals surface area contributed by atoms with E-state index in [1.807, 2.05) is 74.5 Å². The van der Waals surface area contributed by atoms with Gasteiger partial charge in [0.2, 0.25) is 5.91 Å². The van der Waals surface area contributed by atoms with Crippen LogP contribution in [0.4, 0.5) is 19.3 Å². The molecule has 0 bridgehead atoms. The van der Waals surface area contributed by atoms with Gasteiger partial charge in [0.05, 0.1) is 24.4 Å². The van der Waals surface area contributed by atoms with E-state index in [-0.39, 0.29) is 36.9 Å². The second-order valence-electron chi connectivity index (χ2n) is 12.3. The maximum atomic E-state index is 13.9. The number of carbonyl (C=O) groups is 3. The highest BCUT2D eigenvalue weighted by molar-refractivity contribution is 5.95. The number of hydrogen-bond acceptors (Lipinski definition) is 6. The Balaban J connectivity index is 1.32. The quantitative estimate of drug-likeness (QED) is 0.232. The number of anilines is 1. The molecule has 0 saturated carbocycles. The van der Waals surface area contributed by atoms with Crippen molar-refractivity contribution in [1.29, 1.82) is 0 Å². The first-order valence-corrected chi connectivity index (χ1v) is 15.8. The molecule has 2 aliphatic rings. The minimum atomic E-state index is -1.25. The lowest BCUT2D eigenvalue weighted by Gasteiger charge is -2.32. The molecule has 4 unspecified atom stereocenters. The fourth-order valence-corrected chi connectivity index (χ4v) is 6.00. The minimum absolute atomic E-state index is 0.0528. The van der Waals surface area contributed by atoms with Gasteiger partial charge in [-0.3, -0.25) is 14.5 Å². The number of aliphatic hydroxyl groups excluding tert-OH is 1. The summed E-state index contributed by atoms with van der Waals surface area (Å²) in [4.78, 5) is 40.7. The van der Waals surface area contributed by atoms with Gasteiger partial charge in [-0.1, -0.05) is 73.7 Å². The first-order valence-electron chi connectivity index (χ1n) is 15.8. The van der Waals surface area contributed by atoms with Crippen LogP contribution in [-0.4, -0.2) is 59.9 Å². The SMILES string of the molecule is CC1=CCC(C)[C@@H](C(=O)NC(Cc2ccccc2)C[C@H](O)C(Cc2ccccc2)NC(=O)C2CN(c3ccc(F)c(F)c3)C(=O)O2)N1. The molecular weight excluding hydrogens is 606 g/mol. The van der Waals surface area contributed by atoms with Crippen molar-refractivity contribution in [2.45, 2.75) is 69.9 Å². The van der Waals surface area contributed by atoms with Crippen LogP contribution in [0.2, 0.25) is 0 Å². The molecule has 0 spiro atoms. The van der Waals surface area contributed by atoms with Crippen LogP contribution in [-0.2, 0) is 27.2 Å². The van der Waals surface area contributed by atoms with E-state index in [1.165, 1.54) is 6.07 Å². The molecule has 1 fully saturated rings. The molecule has 9 nitrogen and oxygen atoms in total. The van der Waals surface area contributed by atoms with E-state index in [9.17, 15) is 28.3 Å². The number of halogens is 2. The normalized spacial score (nSPS) is 21.1. The minimum Gasteiger partial charge on any atom is -0.434 e. The van der Waals surface area contributed by atoms with Crippen LogP contribution in [0.25, 0.3) is 0 Å². The molecular formula is C36H40F2N4O5. The maximum Gasteiger partial charge on any atom is 0.415 e. The summed E-state index contributed by atoms with van der Waals surface area (Å²) >= 11 is 0. The van der Waals surface area contributed by atoms with Crippen molar-refractivity contribution in [3.63, 3.8) is 0 Å². The Morgan fingerprint density at radius 1 is 0.957 bits per heavy atom. The Morgan fingerprint density at radius 3 is 2.28 bits per heavy atom. The Morgan fingerprint density at radius 2 is 1.62 bits per heavy atom. The molecule has 11 heteroatoms. The fraction of sp³-hybridized carbons (Fsp3) is 0.361. The van der Waals surface area contributed by atoms with Gasteiger partial charge in [0.1, 0.15) is 6.04 Å². The zero-order chi connectivity index (χ0) is 33.5. The number of rotatable bonds is 12.